The number of hydrogen-bond acceptors (Lipinski definition) is 15. The van der Waals surface area contributed by atoms with Gasteiger partial charge in [-0.15, -0.1) is 0 Å². The zero-order valence-corrected chi connectivity index (χ0v) is 23.8. The number of methoxy groups -OCH3 is 1. The molecule has 15 nitrogen and oxygen atoms in total. The van der Waals surface area contributed by atoms with Crippen molar-refractivity contribution in [3.8, 4) is 51.6 Å². The van der Waals surface area contributed by atoms with Gasteiger partial charge in [-0.25, -0.2) is 4.79 Å². The fourth-order valence-corrected chi connectivity index (χ4v) is 4.67. The minimum atomic E-state index is -1.95. The van der Waals surface area contributed by atoms with Crippen LogP contribution in [0, 0.1) is 0 Å². The second-order valence-corrected chi connectivity index (χ2v) is 10.2. The standard InChI is InChI=1S/C31H28O15/c1-42-20-9-14(4-6-17(20)34)29-30(26(39)24-19(36)10-15(32)11-21(24)44-29)46-31-28(41)27(40)25(38)22(45-31)12-43-23(37)7-3-13-2-5-16(33)18(35)8-13/h2-11,22,25,27-28,31-36,38,40-41H,12H2,1H3/b7-3+/t22-,25+,27+,28-,31+/m1/s1. The molecular formula is C31H28O15. The molecule has 0 aliphatic carbocycles. The van der Waals surface area contributed by atoms with Crippen molar-refractivity contribution in [3.63, 3.8) is 0 Å². The highest BCUT2D eigenvalue weighted by Gasteiger charge is 2.46. The Hall–Kier alpha value is -5.48. The summed E-state index contributed by atoms with van der Waals surface area (Å²) in [5.74, 6) is -3.98. The largest absolute Gasteiger partial charge is 0.508 e. The number of aliphatic hydroxyl groups is 3. The molecule has 0 amide bonds. The normalized spacial score (nSPS) is 21.3. The molecule has 46 heavy (non-hydrogen) atoms. The molecule has 1 fully saturated rings. The summed E-state index contributed by atoms with van der Waals surface area (Å²) in [5.41, 5.74) is -0.772. The van der Waals surface area contributed by atoms with Gasteiger partial charge in [0.05, 0.1) is 7.11 Å². The van der Waals surface area contributed by atoms with E-state index in [9.17, 15) is 50.4 Å². The van der Waals surface area contributed by atoms with Crippen LogP contribution in [-0.4, -0.2) is 91.2 Å². The third-order valence-electron chi connectivity index (χ3n) is 7.06. The first-order valence-electron chi connectivity index (χ1n) is 13.5. The van der Waals surface area contributed by atoms with Crippen LogP contribution in [0.4, 0.5) is 0 Å². The molecule has 1 aliphatic rings. The average molecular weight is 641 g/mol. The van der Waals surface area contributed by atoms with Gasteiger partial charge >= 0.3 is 5.97 Å². The molecule has 242 valence electrons. The Morgan fingerprint density at radius 1 is 0.870 bits per heavy atom. The fraction of sp³-hybridized carbons (Fsp3) is 0.226. The predicted molar refractivity (Wildman–Crippen MR) is 157 cm³/mol. The number of fused-ring (bicyclic) bond motifs is 1. The minimum Gasteiger partial charge on any atom is -0.508 e. The molecule has 0 saturated carbocycles. The van der Waals surface area contributed by atoms with E-state index in [1.165, 1.54) is 49.6 Å². The maximum Gasteiger partial charge on any atom is 0.330 e. The molecule has 1 saturated heterocycles. The molecule has 5 atom stereocenters. The molecule has 15 heteroatoms. The van der Waals surface area contributed by atoms with E-state index in [0.717, 1.165) is 18.2 Å². The van der Waals surface area contributed by atoms with Crippen LogP contribution in [0.25, 0.3) is 28.4 Å². The molecule has 8 N–H and O–H groups in total. The van der Waals surface area contributed by atoms with Crippen LogP contribution in [0.1, 0.15) is 5.56 Å². The smallest absolute Gasteiger partial charge is 0.330 e. The SMILES string of the molecule is COc1cc(-c2oc3cc(O)cc(O)c3c(=O)c2O[C@@H]2O[C@H](COC(=O)/C=C/c3ccc(O)c(O)c3)[C@H](O)[C@H](O)[C@H]2O)ccc1O. The molecule has 5 rings (SSSR count). The van der Waals surface area contributed by atoms with Gasteiger partial charge in [0.2, 0.25) is 17.5 Å². The number of ether oxygens (including phenoxy) is 4. The summed E-state index contributed by atoms with van der Waals surface area (Å²) in [5, 5.41) is 80.8. The Morgan fingerprint density at radius 2 is 1.61 bits per heavy atom. The van der Waals surface area contributed by atoms with E-state index in [1.807, 2.05) is 0 Å². The van der Waals surface area contributed by atoms with Crippen molar-refractivity contribution in [2.24, 2.45) is 0 Å². The van der Waals surface area contributed by atoms with E-state index in [4.69, 9.17) is 23.4 Å². The lowest BCUT2D eigenvalue weighted by Crippen LogP contribution is -2.60. The molecule has 0 spiro atoms. The number of aliphatic hydroxyl groups excluding tert-OH is 3. The molecule has 4 aromatic rings. The Bertz CT molecular complexity index is 1860. The Balaban J connectivity index is 1.44. The van der Waals surface area contributed by atoms with Crippen LogP contribution in [0.5, 0.6) is 40.2 Å². The first-order valence-corrected chi connectivity index (χ1v) is 13.5. The van der Waals surface area contributed by atoms with E-state index >= 15 is 0 Å². The van der Waals surface area contributed by atoms with Crippen molar-refractivity contribution in [3.05, 3.63) is 70.4 Å². The number of phenolic OH excluding ortho intramolecular Hbond substituents is 5. The van der Waals surface area contributed by atoms with E-state index < -0.39 is 77.1 Å². The Kier molecular flexibility index (Phi) is 8.93. The van der Waals surface area contributed by atoms with Gasteiger partial charge in [0.25, 0.3) is 0 Å². The van der Waals surface area contributed by atoms with Crippen molar-refractivity contribution >= 4 is 23.0 Å². The van der Waals surface area contributed by atoms with Gasteiger partial charge in [-0.05, 0) is 42.0 Å². The number of carbonyl (C=O) groups excluding carboxylic acids is 1. The Labute approximate surface area is 258 Å². The zero-order chi connectivity index (χ0) is 33.3. The highest BCUT2D eigenvalue weighted by molar-refractivity contribution is 5.88. The van der Waals surface area contributed by atoms with Gasteiger partial charge in [0.1, 0.15) is 53.5 Å². The number of phenols is 5. The molecule has 0 radical (unpaired) electrons. The lowest BCUT2D eigenvalue weighted by molar-refractivity contribution is -0.278. The van der Waals surface area contributed by atoms with E-state index in [0.29, 0.717) is 5.56 Å². The monoisotopic (exact) mass is 640 g/mol. The predicted octanol–water partition coefficient (Wildman–Crippen LogP) is 1.44. The van der Waals surface area contributed by atoms with Gasteiger partial charge in [0.15, 0.2) is 28.8 Å². The summed E-state index contributed by atoms with van der Waals surface area (Å²) in [6, 6.07) is 9.65. The third kappa shape index (κ3) is 6.33. The maximum absolute atomic E-state index is 13.7. The van der Waals surface area contributed by atoms with Crippen LogP contribution in [0.15, 0.2) is 63.8 Å². The third-order valence-corrected chi connectivity index (χ3v) is 7.06. The van der Waals surface area contributed by atoms with Gasteiger partial charge < -0.3 is 64.2 Å². The maximum atomic E-state index is 13.7. The highest BCUT2D eigenvalue weighted by Crippen LogP contribution is 2.39. The number of benzene rings is 3. The summed E-state index contributed by atoms with van der Waals surface area (Å²) in [4.78, 5) is 26.0. The van der Waals surface area contributed by atoms with Crippen LogP contribution >= 0.6 is 0 Å². The minimum absolute atomic E-state index is 0.0180. The second-order valence-electron chi connectivity index (χ2n) is 10.2. The zero-order valence-electron chi connectivity index (χ0n) is 23.8. The molecule has 0 bridgehead atoms. The van der Waals surface area contributed by atoms with Crippen LogP contribution in [0.3, 0.4) is 0 Å². The summed E-state index contributed by atoms with van der Waals surface area (Å²) in [6.07, 6.45) is -6.71. The molecule has 1 aliphatic heterocycles. The number of hydrogen-bond donors (Lipinski definition) is 8. The van der Waals surface area contributed by atoms with Crippen LogP contribution in [0.2, 0.25) is 0 Å². The lowest BCUT2D eigenvalue weighted by atomic mass is 9.99. The fourth-order valence-electron chi connectivity index (χ4n) is 4.67. The van der Waals surface area contributed by atoms with Crippen molar-refractivity contribution in [2.45, 2.75) is 30.7 Å². The van der Waals surface area contributed by atoms with E-state index in [1.54, 1.807) is 0 Å². The summed E-state index contributed by atoms with van der Waals surface area (Å²) < 4.78 is 27.4. The molecular weight excluding hydrogens is 612 g/mol. The van der Waals surface area contributed by atoms with Gasteiger partial charge in [-0.1, -0.05) is 6.07 Å². The van der Waals surface area contributed by atoms with Crippen LogP contribution < -0.4 is 14.9 Å². The second kappa shape index (κ2) is 12.9. The molecule has 3 aromatic carbocycles. The van der Waals surface area contributed by atoms with Crippen molar-refractivity contribution in [1.82, 2.24) is 0 Å². The highest BCUT2D eigenvalue weighted by atomic mass is 16.7. The lowest BCUT2D eigenvalue weighted by Gasteiger charge is -2.39. The topological polar surface area (TPSA) is 246 Å². The molecule has 1 aromatic heterocycles. The van der Waals surface area contributed by atoms with E-state index in [2.05, 4.69) is 0 Å². The summed E-state index contributed by atoms with van der Waals surface area (Å²) >= 11 is 0. The van der Waals surface area contributed by atoms with Crippen molar-refractivity contribution < 1.29 is 69.0 Å². The van der Waals surface area contributed by atoms with E-state index in [-0.39, 0.29) is 34.2 Å². The Morgan fingerprint density at radius 3 is 2.33 bits per heavy atom. The average Bonchev–Trinajstić information content (AvgIpc) is 3.02. The van der Waals surface area contributed by atoms with Crippen LogP contribution in [-0.2, 0) is 14.3 Å². The van der Waals surface area contributed by atoms with Gasteiger partial charge in [-0.3, -0.25) is 4.79 Å². The summed E-state index contributed by atoms with van der Waals surface area (Å²) in [6.45, 7) is -0.650. The molecule has 0 unspecified atom stereocenters. The van der Waals surface area contributed by atoms with Gasteiger partial charge in [-0.2, -0.15) is 0 Å². The summed E-state index contributed by atoms with van der Waals surface area (Å²) in [7, 11) is 1.28. The number of rotatable bonds is 8. The number of esters is 1. The van der Waals surface area contributed by atoms with Crippen molar-refractivity contribution in [1.29, 1.82) is 0 Å². The van der Waals surface area contributed by atoms with Gasteiger partial charge in [0, 0.05) is 23.8 Å². The first kappa shape index (κ1) is 31.9. The number of carbonyl (C=O) groups is 1. The molecule has 2 heterocycles. The quantitative estimate of drug-likeness (QED) is 0.0771. The number of aromatic hydroxyl groups is 5. The first-order chi connectivity index (χ1) is 21.9. The van der Waals surface area contributed by atoms with Crippen molar-refractivity contribution in [2.75, 3.05) is 13.7 Å².